The number of hydrogen-bond donors (Lipinski definition) is 0. The Balaban J connectivity index is 0. The Hall–Kier alpha value is -0.541. The summed E-state index contributed by atoms with van der Waals surface area (Å²) in [5, 5.41) is 9.68. The summed E-state index contributed by atoms with van der Waals surface area (Å²) < 4.78 is 4.29. The minimum atomic E-state index is -1.21. The zero-order chi connectivity index (χ0) is 7.28. The summed E-state index contributed by atoms with van der Waals surface area (Å²) in [5.74, 6) is -1.69. The smallest absolute Gasteiger partial charge is 0.550 e. The molecule has 0 unspecified atom stereocenters. The average molecular weight is 195 g/mol. The molecule has 0 heterocycles. The third-order valence-electron chi connectivity index (χ3n) is 0.612. The Kier molecular flexibility index (Phi) is 8.00. The molecule has 0 fully saturated rings. The van der Waals surface area contributed by atoms with E-state index in [0.29, 0.717) is 0 Å². The number of rotatable bonds is 3. The van der Waals surface area contributed by atoms with Gasteiger partial charge in [-0.3, -0.25) is 4.79 Å². The zero-order valence-electron chi connectivity index (χ0n) is 5.35. The molecule has 5 heteroatoms. The van der Waals surface area contributed by atoms with E-state index in [1.54, 1.807) is 0 Å². The summed E-state index contributed by atoms with van der Waals surface area (Å²) >= 11 is 0. The monoisotopic (exact) mass is 194 g/mol. The van der Waals surface area contributed by atoms with Gasteiger partial charge in [0.25, 0.3) is 0 Å². The van der Waals surface area contributed by atoms with Crippen LogP contribution >= 0.6 is 0 Å². The topological polar surface area (TPSA) is 66.4 Å². The molecule has 0 aromatic heterocycles. The van der Waals surface area contributed by atoms with E-state index in [0.717, 1.165) is 0 Å². The molecule has 0 aliphatic rings. The molecule has 0 bridgehead atoms. The van der Waals surface area contributed by atoms with Crippen LogP contribution in [0.3, 0.4) is 0 Å². The number of ether oxygens (including phenoxy) is 1. The number of carbonyl (C=O) groups excluding carboxylic acids is 2. The molecule has 0 aromatic carbocycles. The van der Waals surface area contributed by atoms with E-state index < -0.39 is 11.9 Å². The summed E-state index contributed by atoms with van der Waals surface area (Å²) in [5.41, 5.74) is 0. The maximum absolute atomic E-state index is 9.99. The molecule has 0 spiro atoms. The van der Waals surface area contributed by atoms with E-state index in [-0.39, 0.29) is 30.1 Å². The summed E-state index contributed by atoms with van der Waals surface area (Å²) in [7, 11) is 0. The van der Waals surface area contributed by atoms with E-state index in [4.69, 9.17) is 0 Å². The molecule has 0 aromatic rings. The van der Waals surface area contributed by atoms with Gasteiger partial charge in [-0.1, -0.05) is 0 Å². The van der Waals surface area contributed by atoms with Gasteiger partial charge in [-0.05, 0) is 0 Å². The maximum Gasteiger partial charge on any atom is 2.00 e. The molecular weight excluding hydrogens is 188 g/mol. The summed E-state index contributed by atoms with van der Waals surface area (Å²) in [6.07, 6.45) is -0.237. The molecule has 0 atom stereocenters. The van der Waals surface area contributed by atoms with Crippen LogP contribution in [0.25, 0.3) is 0 Å². The first-order valence-corrected chi connectivity index (χ1v) is 2.46. The summed E-state index contributed by atoms with van der Waals surface area (Å²) in [6.45, 7) is 1.12. The minimum absolute atomic E-state index is 0. The van der Waals surface area contributed by atoms with E-state index in [9.17, 15) is 14.7 Å². The molecule has 0 aliphatic heterocycles. The summed E-state index contributed by atoms with van der Waals surface area (Å²) in [6, 6.07) is 0. The van der Waals surface area contributed by atoms with E-state index in [2.05, 4.69) is 4.74 Å². The Labute approximate surface area is 69.0 Å². The van der Waals surface area contributed by atoms with Crippen molar-refractivity contribution in [3.8, 4) is 0 Å². The van der Waals surface area contributed by atoms with Crippen molar-refractivity contribution >= 4 is 11.9 Å². The Bertz CT molecular complexity index is 109. The fourth-order valence-electron chi connectivity index (χ4n) is 0.278. The van der Waals surface area contributed by atoms with Crippen LogP contribution in [0.15, 0.2) is 0 Å². The van der Waals surface area contributed by atoms with Crippen LogP contribution < -0.4 is 5.11 Å². The molecule has 1 radical (unpaired) electrons. The largest absolute Gasteiger partial charge is 2.00 e. The molecule has 10 heavy (non-hydrogen) atoms. The predicted octanol–water partition coefficient (Wildman–Crippen LogP) is -1.31. The Morgan fingerprint density at radius 3 is 2.30 bits per heavy atom. The first-order valence-electron chi connectivity index (χ1n) is 2.46. The van der Waals surface area contributed by atoms with Crippen LogP contribution in [0.4, 0.5) is 0 Å². The standard InChI is InChI=1S/C5H8O4.Cu/c1-4(6)9-3-2-5(7)8;/h2-3H2,1H3,(H,7,8);/q;+2/p-1. The second-order valence-electron chi connectivity index (χ2n) is 1.46. The van der Waals surface area contributed by atoms with Gasteiger partial charge in [0.15, 0.2) is 0 Å². The number of hydrogen-bond acceptors (Lipinski definition) is 4. The Morgan fingerprint density at radius 2 is 2.00 bits per heavy atom. The fraction of sp³-hybridized carbons (Fsp3) is 0.600. The number of esters is 1. The van der Waals surface area contributed by atoms with Gasteiger partial charge in [0, 0.05) is 19.3 Å². The molecule has 0 saturated heterocycles. The van der Waals surface area contributed by atoms with Gasteiger partial charge in [-0.15, -0.1) is 0 Å². The molecule has 0 saturated carbocycles. The van der Waals surface area contributed by atoms with Crippen molar-refractivity contribution in [1.29, 1.82) is 0 Å². The van der Waals surface area contributed by atoms with Gasteiger partial charge in [0.1, 0.15) is 0 Å². The van der Waals surface area contributed by atoms with E-state index in [1.807, 2.05) is 0 Å². The number of aliphatic carboxylic acids is 1. The van der Waals surface area contributed by atoms with Crippen molar-refractivity contribution in [3.63, 3.8) is 0 Å². The van der Waals surface area contributed by atoms with Gasteiger partial charge in [0.2, 0.25) is 0 Å². The predicted molar refractivity (Wildman–Crippen MR) is 26.3 cm³/mol. The SMILES string of the molecule is CC(=O)OCCC(=O)[O-].[Cu+2]. The van der Waals surface area contributed by atoms with Crippen molar-refractivity contribution < 1.29 is 36.5 Å². The zero-order valence-corrected chi connectivity index (χ0v) is 6.29. The molecule has 0 aliphatic carbocycles. The van der Waals surface area contributed by atoms with Gasteiger partial charge in [-0.2, -0.15) is 0 Å². The van der Waals surface area contributed by atoms with Gasteiger partial charge in [0.05, 0.1) is 6.61 Å². The Morgan fingerprint density at radius 1 is 1.50 bits per heavy atom. The summed E-state index contributed by atoms with van der Waals surface area (Å²) in [4.78, 5) is 19.7. The third-order valence-corrected chi connectivity index (χ3v) is 0.612. The van der Waals surface area contributed by atoms with Crippen LogP contribution in [0.2, 0.25) is 0 Å². The number of carboxylic acids is 1. The third kappa shape index (κ3) is 10.4. The van der Waals surface area contributed by atoms with Crippen LogP contribution in [0.5, 0.6) is 0 Å². The van der Waals surface area contributed by atoms with E-state index in [1.165, 1.54) is 6.92 Å². The normalized spacial score (nSPS) is 7.70. The number of carboxylic acid groups (broad SMARTS) is 1. The molecule has 4 nitrogen and oxygen atoms in total. The molecule has 0 rings (SSSR count). The van der Waals surface area contributed by atoms with Crippen LogP contribution in [-0.2, 0) is 31.4 Å². The quantitative estimate of drug-likeness (QED) is 0.413. The average Bonchev–Trinajstić information content (AvgIpc) is 1.63. The van der Waals surface area contributed by atoms with E-state index >= 15 is 0 Å². The van der Waals surface area contributed by atoms with Crippen molar-refractivity contribution in [1.82, 2.24) is 0 Å². The van der Waals surface area contributed by atoms with Crippen molar-refractivity contribution in [2.24, 2.45) is 0 Å². The van der Waals surface area contributed by atoms with Crippen molar-refractivity contribution in [2.75, 3.05) is 6.61 Å². The van der Waals surface area contributed by atoms with Gasteiger partial charge < -0.3 is 14.6 Å². The van der Waals surface area contributed by atoms with Gasteiger partial charge in [-0.25, -0.2) is 0 Å². The minimum Gasteiger partial charge on any atom is -0.550 e. The molecule has 0 N–H and O–H groups in total. The first kappa shape index (κ1) is 12.2. The second kappa shape index (κ2) is 6.58. The molecule has 0 amide bonds. The first-order chi connectivity index (χ1) is 4.13. The van der Waals surface area contributed by atoms with Crippen LogP contribution in [0, 0.1) is 0 Å². The maximum atomic E-state index is 9.99. The van der Waals surface area contributed by atoms with Crippen LogP contribution in [-0.4, -0.2) is 18.5 Å². The molecule has 61 valence electrons. The fourth-order valence-corrected chi connectivity index (χ4v) is 0.278. The molecular formula is C5H7CuO4+. The second-order valence-corrected chi connectivity index (χ2v) is 1.46. The van der Waals surface area contributed by atoms with Crippen molar-refractivity contribution in [2.45, 2.75) is 13.3 Å². The van der Waals surface area contributed by atoms with Crippen LogP contribution in [0.1, 0.15) is 13.3 Å². The number of carbonyl (C=O) groups is 2. The van der Waals surface area contributed by atoms with Crippen molar-refractivity contribution in [3.05, 3.63) is 0 Å². The van der Waals surface area contributed by atoms with Gasteiger partial charge >= 0.3 is 23.0 Å².